The molecule has 3 aromatic heterocycles. The minimum absolute atomic E-state index is 0.335. The zero-order valence-corrected chi connectivity index (χ0v) is 12.5. The normalized spacial score (nSPS) is 11.1. The van der Waals surface area contributed by atoms with Gasteiger partial charge >= 0.3 is 0 Å². The van der Waals surface area contributed by atoms with Crippen LogP contribution in [0.4, 0.5) is 5.82 Å². The van der Waals surface area contributed by atoms with Crippen LogP contribution in [0, 0.1) is 0 Å². The predicted molar refractivity (Wildman–Crippen MR) is 81.2 cm³/mol. The zero-order chi connectivity index (χ0) is 14.1. The molecule has 0 aliphatic carbocycles. The van der Waals surface area contributed by atoms with E-state index in [1.807, 2.05) is 28.9 Å². The fourth-order valence-electron chi connectivity index (χ4n) is 1.70. The van der Waals surface area contributed by atoms with Gasteiger partial charge in [0, 0.05) is 24.2 Å². The molecule has 0 atom stereocenters. The number of nitrogen functional groups attached to an aromatic ring is 1. The summed E-state index contributed by atoms with van der Waals surface area (Å²) in [6.07, 6.45) is 3.73. The van der Waals surface area contributed by atoms with Gasteiger partial charge in [0.2, 0.25) is 0 Å². The van der Waals surface area contributed by atoms with Crippen LogP contribution < -0.4 is 5.73 Å². The topological polar surface area (TPSA) is 69.1 Å². The zero-order valence-electron chi connectivity index (χ0n) is 10.1. The summed E-state index contributed by atoms with van der Waals surface area (Å²) in [5.74, 6) is 0.980. The molecule has 0 aliphatic rings. The predicted octanol–water partition coefficient (Wildman–Crippen LogP) is 3.31. The number of anilines is 1. The molecule has 0 unspecified atom stereocenters. The summed E-state index contributed by atoms with van der Waals surface area (Å²) in [7, 11) is 0. The van der Waals surface area contributed by atoms with Gasteiger partial charge in [0.15, 0.2) is 5.16 Å². The lowest BCUT2D eigenvalue weighted by Gasteiger charge is -1.99. The van der Waals surface area contributed by atoms with Gasteiger partial charge in [0.25, 0.3) is 0 Å². The second kappa shape index (κ2) is 5.47. The minimum Gasteiger partial charge on any atom is -0.384 e. The molecule has 0 amide bonds. The third-order valence-corrected chi connectivity index (χ3v) is 3.81. The molecule has 102 valence electrons. The number of hydrogen-bond donors (Lipinski definition) is 1. The van der Waals surface area contributed by atoms with Crippen LogP contribution in [0.1, 0.15) is 5.69 Å². The van der Waals surface area contributed by atoms with E-state index in [-0.39, 0.29) is 0 Å². The van der Waals surface area contributed by atoms with Gasteiger partial charge in [-0.15, -0.1) is 0 Å². The number of nitrogens with zero attached hydrogens (tertiary/aromatic N) is 4. The Bertz CT molecular complexity index is 753. The number of pyridine rings is 1. The van der Waals surface area contributed by atoms with Crippen LogP contribution in [0.15, 0.2) is 35.7 Å². The molecule has 0 bridgehead atoms. The van der Waals surface area contributed by atoms with E-state index in [1.165, 1.54) is 17.8 Å². The third kappa shape index (κ3) is 2.98. The molecule has 0 aliphatic heterocycles. The van der Waals surface area contributed by atoms with Gasteiger partial charge in [-0.1, -0.05) is 35.0 Å². The molecule has 0 radical (unpaired) electrons. The van der Waals surface area contributed by atoms with E-state index >= 15 is 0 Å². The van der Waals surface area contributed by atoms with Gasteiger partial charge in [-0.3, -0.25) is 0 Å². The summed E-state index contributed by atoms with van der Waals surface area (Å²) in [6, 6.07) is 5.19. The van der Waals surface area contributed by atoms with E-state index in [4.69, 9.17) is 28.9 Å². The molecule has 0 saturated heterocycles. The summed E-state index contributed by atoms with van der Waals surface area (Å²) >= 11 is 13.2. The Morgan fingerprint density at radius 2 is 2.00 bits per heavy atom. The molecular formula is C12H9Cl2N5S. The Kier molecular flexibility index (Phi) is 3.69. The Hall–Kier alpha value is -1.50. The number of halogens is 2. The highest BCUT2D eigenvalue weighted by molar-refractivity contribution is 7.98. The van der Waals surface area contributed by atoms with Crippen molar-refractivity contribution in [3.05, 3.63) is 46.5 Å². The van der Waals surface area contributed by atoms with Crippen LogP contribution in [-0.2, 0) is 5.75 Å². The van der Waals surface area contributed by atoms with Crippen LogP contribution in [0.2, 0.25) is 10.2 Å². The van der Waals surface area contributed by atoms with Crippen molar-refractivity contribution in [2.75, 3.05) is 5.73 Å². The third-order valence-electron chi connectivity index (χ3n) is 2.51. The monoisotopic (exact) mass is 325 g/mol. The average molecular weight is 326 g/mol. The van der Waals surface area contributed by atoms with Crippen molar-refractivity contribution in [3.8, 4) is 0 Å². The van der Waals surface area contributed by atoms with Crippen LogP contribution in [0.5, 0.6) is 0 Å². The van der Waals surface area contributed by atoms with Crippen molar-refractivity contribution in [2.45, 2.75) is 10.9 Å². The van der Waals surface area contributed by atoms with Crippen LogP contribution in [-0.4, -0.2) is 19.4 Å². The molecule has 3 rings (SSSR count). The van der Waals surface area contributed by atoms with Gasteiger partial charge in [0.1, 0.15) is 16.6 Å². The number of rotatable bonds is 3. The largest absolute Gasteiger partial charge is 0.384 e. The molecular weight excluding hydrogens is 317 g/mol. The standard InChI is InChI=1S/C12H9Cl2N5S/c13-7-1-2-11-16-8(5-19(11)4-7)6-20-12-17-9(14)3-10(15)18-12/h1-5H,6H2,(H2,15,17,18). The Balaban J connectivity index is 1.79. The highest BCUT2D eigenvalue weighted by Gasteiger charge is 2.06. The van der Waals surface area contributed by atoms with Crippen LogP contribution in [0.3, 0.4) is 0 Å². The van der Waals surface area contributed by atoms with Crippen LogP contribution >= 0.6 is 35.0 Å². The van der Waals surface area contributed by atoms with Gasteiger partial charge < -0.3 is 10.1 Å². The number of fused-ring (bicyclic) bond motifs is 1. The first-order valence-electron chi connectivity index (χ1n) is 5.66. The molecule has 8 heteroatoms. The van der Waals surface area contributed by atoms with Crippen molar-refractivity contribution >= 4 is 46.4 Å². The summed E-state index contributed by atoms with van der Waals surface area (Å²) in [5, 5.41) is 1.53. The van der Waals surface area contributed by atoms with Crippen molar-refractivity contribution in [1.82, 2.24) is 19.4 Å². The number of aromatic nitrogens is 4. The Morgan fingerprint density at radius 3 is 2.80 bits per heavy atom. The molecule has 2 N–H and O–H groups in total. The first kappa shape index (κ1) is 13.5. The van der Waals surface area contributed by atoms with Crippen LogP contribution in [0.25, 0.3) is 5.65 Å². The lowest BCUT2D eigenvalue weighted by atomic mass is 10.5. The lowest BCUT2D eigenvalue weighted by molar-refractivity contribution is 0.974. The minimum atomic E-state index is 0.335. The first-order valence-corrected chi connectivity index (χ1v) is 7.40. The highest BCUT2D eigenvalue weighted by atomic mass is 35.5. The van der Waals surface area contributed by atoms with Crippen molar-refractivity contribution in [1.29, 1.82) is 0 Å². The number of hydrogen-bond acceptors (Lipinski definition) is 5. The maximum atomic E-state index is 5.93. The summed E-state index contributed by atoms with van der Waals surface area (Å²) in [5.41, 5.74) is 7.37. The van der Waals surface area contributed by atoms with E-state index in [0.29, 0.717) is 26.9 Å². The molecule has 20 heavy (non-hydrogen) atoms. The summed E-state index contributed by atoms with van der Waals surface area (Å²) in [4.78, 5) is 12.7. The van der Waals surface area contributed by atoms with Gasteiger partial charge in [-0.2, -0.15) is 0 Å². The van der Waals surface area contributed by atoms with Crippen molar-refractivity contribution < 1.29 is 0 Å². The molecule has 3 heterocycles. The van der Waals surface area contributed by atoms with E-state index in [0.717, 1.165) is 11.3 Å². The summed E-state index contributed by atoms with van der Waals surface area (Å²) < 4.78 is 1.88. The maximum absolute atomic E-state index is 5.93. The van der Waals surface area contributed by atoms with Gasteiger partial charge in [-0.05, 0) is 12.1 Å². The second-order valence-electron chi connectivity index (χ2n) is 4.03. The van der Waals surface area contributed by atoms with Crippen molar-refractivity contribution in [2.24, 2.45) is 0 Å². The molecule has 5 nitrogen and oxygen atoms in total. The quantitative estimate of drug-likeness (QED) is 0.454. The Morgan fingerprint density at radius 1 is 1.15 bits per heavy atom. The van der Waals surface area contributed by atoms with Crippen molar-refractivity contribution in [3.63, 3.8) is 0 Å². The highest BCUT2D eigenvalue weighted by Crippen LogP contribution is 2.22. The van der Waals surface area contributed by atoms with E-state index in [1.54, 1.807) is 0 Å². The first-order chi connectivity index (χ1) is 9.60. The second-order valence-corrected chi connectivity index (χ2v) is 5.80. The fourth-order valence-corrected chi connectivity index (χ4v) is 2.86. The Labute approximate surface area is 129 Å². The van der Waals surface area contributed by atoms with E-state index in [9.17, 15) is 0 Å². The molecule has 0 saturated carbocycles. The average Bonchev–Trinajstić information content (AvgIpc) is 2.77. The molecule has 0 spiro atoms. The lowest BCUT2D eigenvalue weighted by Crippen LogP contribution is -1.95. The van der Waals surface area contributed by atoms with E-state index < -0.39 is 0 Å². The fraction of sp³-hybridized carbons (Fsp3) is 0.0833. The number of nitrogens with two attached hydrogens (primary N) is 1. The van der Waals surface area contributed by atoms with Gasteiger partial charge in [-0.25, -0.2) is 15.0 Å². The van der Waals surface area contributed by atoms with E-state index in [2.05, 4.69) is 15.0 Å². The number of imidazole rings is 1. The molecule has 3 aromatic rings. The smallest absolute Gasteiger partial charge is 0.191 e. The van der Waals surface area contributed by atoms with Gasteiger partial charge in [0.05, 0.1) is 10.7 Å². The SMILES string of the molecule is Nc1cc(Cl)nc(SCc2cn3cc(Cl)ccc3n2)n1. The maximum Gasteiger partial charge on any atom is 0.191 e. The molecule has 0 fully saturated rings. The summed E-state index contributed by atoms with van der Waals surface area (Å²) in [6.45, 7) is 0. The number of thioether (sulfide) groups is 1. The molecule has 0 aromatic carbocycles.